The van der Waals surface area contributed by atoms with Gasteiger partial charge in [-0.05, 0) is 7.05 Å². The maximum atomic E-state index is 4.50. The average Bonchev–Trinajstić information content (AvgIpc) is 2.12. The molecule has 2 N–H and O–H groups in total. The van der Waals surface area contributed by atoms with Crippen LogP contribution in [0.2, 0.25) is 0 Å². The van der Waals surface area contributed by atoms with E-state index < -0.39 is 0 Å². The lowest BCUT2D eigenvalue weighted by Gasteiger charge is -1.69. The highest BCUT2D eigenvalue weighted by Gasteiger charge is 1.57. The highest BCUT2D eigenvalue weighted by molar-refractivity contribution is 4.99. The Morgan fingerprint density at radius 1 is 0.727 bits per heavy atom. The molecule has 0 saturated carbocycles. The fourth-order valence-electron chi connectivity index (χ4n) is 0.385. The number of hydrogen-bond acceptors (Lipinski definition) is 1. The molecule has 1 aromatic rings. The summed E-state index contributed by atoms with van der Waals surface area (Å²) in [6.45, 7) is 4.25. The van der Waals surface area contributed by atoms with Crippen LogP contribution < -0.4 is 5.73 Å². The summed E-state index contributed by atoms with van der Waals surface area (Å²) in [5.41, 5.74) is 4.50. The van der Waals surface area contributed by atoms with Crippen LogP contribution >= 0.6 is 0 Å². The molecule has 0 unspecified atom stereocenters. The van der Waals surface area contributed by atoms with E-state index in [1.54, 1.807) is 0 Å². The third-order valence-corrected chi connectivity index (χ3v) is 0.667. The number of benzene rings is 1. The Hall–Kier alpha value is -0.820. The normalized spacial score (nSPS) is 6.55. The molecule has 0 saturated heterocycles. The van der Waals surface area contributed by atoms with Crippen molar-refractivity contribution in [2.75, 3.05) is 7.05 Å². The first-order valence-corrected chi connectivity index (χ1v) is 3.99. The van der Waals surface area contributed by atoms with Crippen LogP contribution in [0.15, 0.2) is 36.4 Å². The van der Waals surface area contributed by atoms with Crippen molar-refractivity contribution in [1.82, 2.24) is 0 Å². The fourth-order valence-corrected chi connectivity index (χ4v) is 0.385. The zero-order chi connectivity index (χ0) is 8.95. The van der Waals surface area contributed by atoms with Crippen molar-refractivity contribution in [2.24, 2.45) is 5.73 Å². The van der Waals surface area contributed by atoms with Gasteiger partial charge >= 0.3 is 0 Å². The second kappa shape index (κ2) is 16.1. The number of hydrogen-bond donors (Lipinski definition) is 1. The number of nitrogens with two attached hydrogens (primary N) is 1. The standard InChI is InChI=1S/C6H6.C3H8.CH5N/c1-2-4-6-5-3-1;1-3-2;1-2/h1-6H;3H2,1-2H3;2H2,1H3. The van der Waals surface area contributed by atoms with Crippen LogP contribution in [0, 0.1) is 0 Å². The Kier molecular flexibility index (Phi) is 18.7. The van der Waals surface area contributed by atoms with Crippen molar-refractivity contribution >= 4 is 0 Å². The fraction of sp³-hybridized carbons (Fsp3) is 0.400. The third kappa shape index (κ3) is 17.6. The Labute approximate surface area is 70.2 Å². The predicted octanol–water partition coefficient (Wildman–Crippen LogP) is 2.68. The van der Waals surface area contributed by atoms with Gasteiger partial charge in [0, 0.05) is 0 Å². The Balaban J connectivity index is 0. The molecular weight excluding hydrogens is 134 g/mol. The van der Waals surface area contributed by atoms with Gasteiger partial charge in [0.1, 0.15) is 0 Å². The molecule has 0 radical (unpaired) electrons. The molecule has 1 aromatic carbocycles. The van der Waals surface area contributed by atoms with Gasteiger partial charge in [0.15, 0.2) is 0 Å². The van der Waals surface area contributed by atoms with Gasteiger partial charge < -0.3 is 5.73 Å². The van der Waals surface area contributed by atoms with Crippen LogP contribution in [0.25, 0.3) is 0 Å². The molecule has 0 heterocycles. The third-order valence-electron chi connectivity index (χ3n) is 0.667. The number of rotatable bonds is 0. The van der Waals surface area contributed by atoms with E-state index in [-0.39, 0.29) is 0 Å². The van der Waals surface area contributed by atoms with Gasteiger partial charge in [-0.1, -0.05) is 56.7 Å². The zero-order valence-electron chi connectivity index (χ0n) is 7.75. The minimum atomic E-state index is 1.25. The van der Waals surface area contributed by atoms with E-state index in [9.17, 15) is 0 Å². The van der Waals surface area contributed by atoms with Crippen molar-refractivity contribution in [3.8, 4) is 0 Å². The van der Waals surface area contributed by atoms with Crippen LogP contribution in [0.4, 0.5) is 0 Å². The highest BCUT2D eigenvalue weighted by Crippen LogP contribution is 1.79. The summed E-state index contributed by atoms with van der Waals surface area (Å²) in [4.78, 5) is 0. The molecule has 1 heteroatoms. The quantitative estimate of drug-likeness (QED) is 0.609. The van der Waals surface area contributed by atoms with Gasteiger partial charge in [-0.3, -0.25) is 0 Å². The van der Waals surface area contributed by atoms with Gasteiger partial charge in [0.2, 0.25) is 0 Å². The maximum Gasteiger partial charge on any atom is -0.0195 e. The van der Waals surface area contributed by atoms with Crippen LogP contribution in [-0.4, -0.2) is 7.05 Å². The monoisotopic (exact) mass is 153 g/mol. The van der Waals surface area contributed by atoms with Crippen LogP contribution in [0.5, 0.6) is 0 Å². The van der Waals surface area contributed by atoms with E-state index in [2.05, 4.69) is 19.6 Å². The molecule has 0 bridgehead atoms. The lowest BCUT2D eigenvalue weighted by atomic mass is 10.4. The van der Waals surface area contributed by atoms with Gasteiger partial charge in [0.25, 0.3) is 0 Å². The smallest absolute Gasteiger partial charge is 0.0195 e. The Morgan fingerprint density at radius 2 is 0.818 bits per heavy atom. The molecule has 0 spiro atoms. The van der Waals surface area contributed by atoms with Crippen molar-refractivity contribution in [3.05, 3.63) is 36.4 Å². The van der Waals surface area contributed by atoms with Crippen molar-refractivity contribution in [3.63, 3.8) is 0 Å². The molecule has 0 atom stereocenters. The molecule has 0 aliphatic carbocycles. The highest BCUT2D eigenvalue weighted by atomic mass is 14.4. The van der Waals surface area contributed by atoms with Crippen LogP contribution in [0.1, 0.15) is 20.3 Å². The summed E-state index contributed by atoms with van der Waals surface area (Å²) in [6.07, 6.45) is 1.25. The van der Waals surface area contributed by atoms with Crippen molar-refractivity contribution in [2.45, 2.75) is 20.3 Å². The summed E-state index contributed by atoms with van der Waals surface area (Å²) in [5.74, 6) is 0. The summed E-state index contributed by atoms with van der Waals surface area (Å²) >= 11 is 0. The van der Waals surface area contributed by atoms with E-state index in [0.29, 0.717) is 0 Å². The van der Waals surface area contributed by atoms with Gasteiger partial charge in [-0.15, -0.1) is 0 Å². The first kappa shape index (κ1) is 12.8. The summed E-state index contributed by atoms with van der Waals surface area (Å²) in [7, 11) is 1.50. The lowest BCUT2D eigenvalue weighted by Crippen LogP contribution is -1.69. The molecule has 0 aromatic heterocycles. The van der Waals surface area contributed by atoms with Crippen molar-refractivity contribution < 1.29 is 0 Å². The lowest BCUT2D eigenvalue weighted by molar-refractivity contribution is 1.09. The van der Waals surface area contributed by atoms with Gasteiger partial charge in [0.05, 0.1) is 0 Å². The van der Waals surface area contributed by atoms with E-state index in [1.165, 1.54) is 13.5 Å². The minimum Gasteiger partial charge on any atom is -0.333 e. The molecule has 0 aliphatic heterocycles. The molecule has 0 amide bonds. The topological polar surface area (TPSA) is 26.0 Å². The average molecular weight is 153 g/mol. The predicted molar refractivity (Wildman–Crippen MR) is 52.5 cm³/mol. The Morgan fingerprint density at radius 3 is 0.909 bits per heavy atom. The molecule has 0 aliphatic rings. The summed E-state index contributed by atoms with van der Waals surface area (Å²) in [5, 5.41) is 0. The van der Waals surface area contributed by atoms with E-state index in [1.807, 2.05) is 36.4 Å². The molecule has 11 heavy (non-hydrogen) atoms. The zero-order valence-corrected chi connectivity index (χ0v) is 7.75. The molecular formula is C10H19N. The molecule has 0 fully saturated rings. The van der Waals surface area contributed by atoms with Crippen molar-refractivity contribution in [1.29, 1.82) is 0 Å². The van der Waals surface area contributed by atoms with Gasteiger partial charge in [-0.2, -0.15) is 0 Å². The maximum absolute atomic E-state index is 4.50. The second-order valence-corrected chi connectivity index (χ2v) is 1.86. The first-order chi connectivity index (χ1) is 5.41. The summed E-state index contributed by atoms with van der Waals surface area (Å²) < 4.78 is 0. The molecule has 1 nitrogen and oxygen atoms in total. The second-order valence-electron chi connectivity index (χ2n) is 1.86. The van der Waals surface area contributed by atoms with Crippen LogP contribution in [0.3, 0.4) is 0 Å². The summed E-state index contributed by atoms with van der Waals surface area (Å²) in [6, 6.07) is 12.0. The minimum absolute atomic E-state index is 1.25. The van der Waals surface area contributed by atoms with E-state index >= 15 is 0 Å². The largest absolute Gasteiger partial charge is 0.333 e. The molecule has 1 rings (SSSR count). The van der Waals surface area contributed by atoms with E-state index in [0.717, 1.165) is 0 Å². The van der Waals surface area contributed by atoms with Gasteiger partial charge in [-0.25, -0.2) is 0 Å². The SMILES string of the molecule is CCC.CN.c1ccccc1. The first-order valence-electron chi connectivity index (χ1n) is 3.99. The Bertz CT molecular complexity index is 87.7. The van der Waals surface area contributed by atoms with Crippen LogP contribution in [-0.2, 0) is 0 Å². The molecule has 64 valence electrons. The van der Waals surface area contributed by atoms with E-state index in [4.69, 9.17) is 0 Å².